The van der Waals surface area contributed by atoms with Crippen molar-refractivity contribution in [1.82, 2.24) is 0 Å². The molecule has 0 fully saturated rings. The highest BCUT2D eigenvalue weighted by atomic mass is 16.5. The predicted molar refractivity (Wildman–Crippen MR) is 80.4 cm³/mol. The number of nitrogens with two attached hydrogens (primary N) is 1. The minimum absolute atomic E-state index is 0.257. The number of methoxy groups -OCH3 is 2. The summed E-state index contributed by atoms with van der Waals surface area (Å²) >= 11 is 0. The zero-order valence-corrected chi connectivity index (χ0v) is 12.7. The normalized spacial score (nSPS) is 12.1. The third-order valence-corrected chi connectivity index (χ3v) is 3.23. The van der Waals surface area contributed by atoms with Gasteiger partial charge in [0.1, 0.15) is 11.5 Å². The Morgan fingerprint density at radius 1 is 1.26 bits per heavy atom. The smallest absolute Gasteiger partial charge is 0.146 e. The van der Waals surface area contributed by atoms with Crippen molar-refractivity contribution >= 4 is 5.69 Å². The van der Waals surface area contributed by atoms with Gasteiger partial charge in [0.2, 0.25) is 0 Å². The number of rotatable bonds is 7. The van der Waals surface area contributed by atoms with E-state index in [9.17, 15) is 0 Å². The van der Waals surface area contributed by atoms with Gasteiger partial charge in [0.15, 0.2) is 0 Å². The van der Waals surface area contributed by atoms with Crippen LogP contribution < -0.4 is 20.1 Å². The summed E-state index contributed by atoms with van der Waals surface area (Å²) in [7, 11) is 5.44. The molecular formula is C15H26N2O2. The van der Waals surface area contributed by atoms with Gasteiger partial charge in [-0.05, 0) is 38.3 Å². The quantitative estimate of drug-likeness (QED) is 0.824. The second-order valence-electron chi connectivity index (χ2n) is 5.04. The van der Waals surface area contributed by atoms with Crippen LogP contribution in [-0.2, 0) is 0 Å². The number of anilines is 1. The Morgan fingerprint density at radius 3 is 2.47 bits per heavy atom. The number of aryl methyl sites for hydroxylation is 1. The minimum atomic E-state index is 0.257. The number of ether oxygens (including phenoxy) is 2. The molecule has 0 aliphatic heterocycles. The predicted octanol–water partition coefficient (Wildman–Crippen LogP) is 2.58. The summed E-state index contributed by atoms with van der Waals surface area (Å²) in [6.45, 7) is 5.08. The first kappa shape index (κ1) is 15.6. The van der Waals surface area contributed by atoms with Crippen molar-refractivity contribution in [3.05, 3.63) is 17.7 Å². The molecule has 1 aromatic carbocycles. The molecule has 1 aromatic rings. The van der Waals surface area contributed by atoms with E-state index in [1.807, 2.05) is 19.1 Å². The molecule has 0 saturated heterocycles. The maximum Gasteiger partial charge on any atom is 0.146 e. The van der Waals surface area contributed by atoms with Gasteiger partial charge in [0, 0.05) is 25.7 Å². The molecule has 0 radical (unpaired) electrons. The molecular weight excluding hydrogens is 240 g/mol. The summed E-state index contributed by atoms with van der Waals surface area (Å²) in [6.07, 6.45) is 2.10. The highest BCUT2D eigenvalue weighted by Crippen LogP contribution is 2.35. The summed E-state index contributed by atoms with van der Waals surface area (Å²) < 4.78 is 10.7. The van der Waals surface area contributed by atoms with Crippen LogP contribution in [-0.4, -0.2) is 33.9 Å². The molecule has 1 atom stereocenters. The summed E-state index contributed by atoms with van der Waals surface area (Å²) in [5.41, 5.74) is 8.05. The van der Waals surface area contributed by atoms with Gasteiger partial charge in [0.05, 0.1) is 19.9 Å². The van der Waals surface area contributed by atoms with Crippen LogP contribution in [0.3, 0.4) is 0 Å². The molecule has 0 aromatic heterocycles. The average molecular weight is 266 g/mol. The van der Waals surface area contributed by atoms with Gasteiger partial charge >= 0.3 is 0 Å². The lowest BCUT2D eigenvalue weighted by molar-refractivity contribution is 0.394. The van der Waals surface area contributed by atoms with E-state index in [0.717, 1.165) is 42.1 Å². The molecule has 0 bridgehead atoms. The van der Waals surface area contributed by atoms with Crippen LogP contribution in [0.5, 0.6) is 11.5 Å². The van der Waals surface area contributed by atoms with Gasteiger partial charge in [-0.1, -0.05) is 0 Å². The topological polar surface area (TPSA) is 47.7 Å². The molecule has 0 saturated carbocycles. The summed E-state index contributed by atoms with van der Waals surface area (Å²) in [5.74, 6) is 1.67. The van der Waals surface area contributed by atoms with Gasteiger partial charge in [-0.2, -0.15) is 0 Å². The lowest BCUT2D eigenvalue weighted by Gasteiger charge is -2.24. The molecule has 2 N–H and O–H groups in total. The van der Waals surface area contributed by atoms with Crippen molar-refractivity contribution in [2.24, 2.45) is 5.73 Å². The Morgan fingerprint density at radius 2 is 1.95 bits per heavy atom. The first-order valence-corrected chi connectivity index (χ1v) is 6.69. The first-order chi connectivity index (χ1) is 8.99. The highest BCUT2D eigenvalue weighted by molar-refractivity contribution is 5.65. The van der Waals surface area contributed by atoms with E-state index in [-0.39, 0.29) is 6.04 Å². The van der Waals surface area contributed by atoms with Crippen molar-refractivity contribution in [3.63, 3.8) is 0 Å². The van der Waals surface area contributed by atoms with Crippen molar-refractivity contribution in [2.75, 3.05) is 32.7 Å². The van der Waals surface area contributed by atoms with Crippen molar-refractivity contribution in [1.29, 1.82) is 0 Å². The zero-order valence-electron chi connectivity index (χ0n) is 12.7. The average Bonchev–Trinajstić information content (AvgIpc) is 2.36. The maximum atomic E-state index is 5.78. The second kappa shape index (κ2) is 7.24. The number of nitrogens with zero attached hydrogens (tertiary/aromatic N) is 1. The summed E-state index contributed by atoms with van der Waals surface area (Å²) in [5, 5.41) is 0. The monoisotopic (exact) mass is 266 g/mol. The van der Waals surface area contributed by atoms with E-state index in [1.165, 1.54) is 0 Å². The van der Waals surface area contributed by atoms with E-state index in [4.69, 9.17) is 15.2 Å². The second-order valence-corrected chi connectivity index (χ2v) is 5.04. The molecule has 1 unspecified atom stereocenters. The van der Waals surface area contributed by atoms with Gasteiger partial charge in [-0.25, -0.2) is 0 Å². The molecule has 0 heterocycles. The van der Waals surface area contributed by atoms with E-state index >= 15 is 0 Å². The fourth-order valence-corrected chi connectivity index (χ4v) is 2.24. The summed E-state index contributed by atoms with van der Waals surface area (Å²) in [6, 6.07) is 4.21. The molecule has 108 valence electrons. The van der Waals surface area contributed by atoms with Crippen LogP contribution in [0.2, 0.25) is 0 Å². The number of hydrogen-bond acceptors (Lipinski definition) is 4. The fraction of sp³-hybridized carbons (Fsp3) is 0.600. The van der Waals surface area contributed by atoms with E-state index in [0.29, 0.717) is 0 Å². The van der Waals surface area contributed by atoms with Crippen LogP contribution in [0.15, 0.2) is 12.1 Å². The minimum Gasteiger partial charge on any atom is -0.497 e. The van der Waals surface area contributed by atoms with Gasteiger partial charge < -0.3 is 20.1 Å². The molecule has 19 heavy (non-hydrogen) atoms. The lowest BCUT2D eigenvalue weighted by Crippen LogP contribution is -2.23. The Hall–Kier alpha value is -1.42. The molecule has 0 spiro atoms. The molecule has 1 rings (SSSR count). The SMILES string of the molecule is COc1cc(C)c(N(C)CCCC(C)N)c(OC)c1. The third kappa shape index (κ3) is 4.31. The first-order valence-electron chi connectivity index (χ1n) is 6.69. The van der Waals surface area contributed by atoms with Crippen LogP contribution in [0, 0.1) is 6.92 Å². The van der Waals surface area contributed by atoms with Gasteiger partial charge in [-0.3, -0.25) is 0 Å². The number of benzene rings is 1. The Balaban J connectivity index is 2.86. The van der Waals surface area contributed by atoms with Crippen LogP contribution in [0.4, 0.5) is 5.69 Å². The third-order valence-electron chi connectivity index (χ3n) is 3.23. The molecule has 4 nitrogen and oxygen atoms in total. The number of hydrogen-bond donors (Lipinski definition) is 1. The fourth-order valence-electron chi connectivity index (χ4n) is 2.24. The van der Waals surface area contributed by atoms with Crippen LogP contribution in [0.1, 0.15) is 25.3 Å². The van der Waals surface area contributed by atoms with Gasteiger partial charge in [-0.15, -0.1) is 0 Å². The highest BCUT2D eigenvalue weighted by Gasteiger charge is 2.13. The Bertz CT molecular complexity index is 405. The van der Waals surface area contributed by atoms with E-state index < -0.39 is 0 Å². The molecule has 0 aliphatic carbocycles. The Labute approximate surface area is 116 Å². The molecule has 4 heteroatoms. The van der Waals surface area contributed by atoms with Crippen LogP contribution in [0.25, 0.3) is 0 Å². The van der Waals surface area contributed by atoms with Crippen molar-refractivity contribution in [3.8, 4) is 11.5 Å². The van der Waals surface area contributed by atoms with Crippen molar-refractivity contribution < 1.29 is 9.47 Å². The summed E-state index contributed by atoms with van der Waals surface area (Å²) in [4.78, 5) is 2.22. The van der Waals surface area contributed by atoms with Crippen molar-refractivity contribution in [2.45, 2.75) is 32.7 Å². The van der Waals surface area contributed by atoms with E-state index in [2.05, 4.69) is 18.9 Å². The Kier molecular flexibility index (Phi) is 5.96. The zero-order chi connectivity index (χ0) is 14.4. The molecule has 0 aliphatic rings. The lowest BCUT2D eigenvalue weighted by atomic mass is 10.1. The molecule has 0 amide bonds. The maximum absolute atomic E-state index is 5.78. The standard InChI is InChI=1S/C15H26N2O2/c1-11-9-13(18-4)10-14(19-5)15(11)17(3)8-6-7-12(2)16/h9-10,12H,6-8,16H2,1-5H3. The van der Waals surface area contributed by atoms with E-state index in [1.54, 1.807) is 14.2 Å². The van der Waals surface area contributed by atoms with Crippen LogP contribution >= 0.6 is 0 Å². The van der Waals surface area contributed by atoms with Gasteiger partial charge in [0.25, 0.3) is 0 Å². The largest absolute Gasteiger partial charge is 0.497 e.